The Labute approximate surface area is 138 Å². The number of nitrogens with zero attached hydrogens (tertiary/aromatic N) is 6. The molecule has 0 saturated heterocycles. The summed E-state index contributed by atoms with van der Waals surface area (Å²) >= 11 is 0. The maximum atomic E-state index is 12.2. The van der Waals surface area contributed by atoms with Gasteiger partial charge in [-0.2, -0.15) is 9.90 Å². The van der Waals surface area contributed by atoms with Crippen molar-refractivity contribution in [2.75, 3.05) is 6.54 Å². The number of hydrogen-bond donors (Lipinski definition) is 1. The van der Waals surface area contributed by atoms with E-state index in [4.69, 9.17) is 0 Å². The molecule has 8 heteroatoms. The number of hydrogen-bond acceptors (Lipinski definition) is 5. The lowest BCUT2D eigenvalue weighted by molar-refractivity contribution is 0.0946. The third kappa shape index (κ3) is 3.03. The molecule has 2 heterocycles. The Kier molecular flexibility index (Phi) is 3.78. The van der Waals surface area contributed by atoms with Gasteiger partial charge >= 0.3 is 0 Å². The van der Waals surface area contributed by atoms with Crippen LogP contribution in [0.3, 0.4) is 0 Å². The van der Waals surface area contributed by atoms with Crippen molar-refractivity contribution in [3.8, 4) is 5.69 Å². The topological polar surface area (TPSA) is 90.5 Å². The molecule has 0 radical (unpaired) electrons. The van der Waals surface area contributed by atoms with Gasteiger partial charge < -0.3 is 9.88 Å². The number of para-hydroxylation sites is 1. The van der Waals surface area contributed by atoms with Crippen LogP contribution in [0.4, 0.5) is 0 Å². The molecule has 1 fully saturated rings. The fourth-order valence-corrected chi connectivity index (χ4v) is 2.53. The Morgan fingerprint density at radius 1 is 1.25 bits per heavy atom. The first-order valence-corrected chi connectivity index (χ1v) is 7.95. The Morgan fingerprint density at radius 2 is 2.08 bits per heavy atom. The SMILES string of the molecule is O=C(NCCn1cnnc1C1CC1)c1cnn(-c2ccccc2)n1. The molecule has 1 N–H and O–H groups in total. The zero-order valence-electron chi connectivity index (χ0n) is 13.0. The number of benzene rings is 1. The van der Waals surface area contributed by atoms with E-state index in [0.717, 1.165) is 11.5 Å². The van der Waals surface area contributed by atoms with Crippen molar-refractivity contribution in [3.05, 3.63) is 54.4 Å². The minimum atomic E-state index is -0.238. The molecule has 0 atom stereocenters. The van der Waals surface area contributed by atoms with Crippen LogP contribution in [0.2, 0.25) is 0 Å². The summed E-state index contributed by atoms with van der Waals surface area (Å²) in [5.41, 5.74) is 1.11. The second-order valence-electron chi connectivity index (χ2n) is 5.77. The number of carbonyl (C=O) groups excluding carboxylic acids is 1. The highest BCUT2D eigenvalue weighted by Crippen LogP contribution is 2.38. The normalized spacial score (nSPS) is 13.8. The summed E-state index contributed by atoms with van der Waals surface area (Å²) < 4.78 is 2.00. The summed E-state index contributed by atoms with van der Waals surface area (Å²) in [5.74, 6) is 1.31. The van der Waals surface area contributed by atoms with Crippen LogP contribution >= 0.6 is 0 Å². The van der Waals surface area contributed by atoms with Crippen LogP contribution in [-0.4, -0.2) is 42.2 Å². The molecule has 1 aliphatic carbocycles. The van der Waals surface area contributed by atoms with Gasteiger partial charge in [0.25, 0.3) is 5.91 Å². The van der Waals surface area contributed by atoms with Crippen molar-refractivity contribution >= 4 is 5.91 Å². The summed E-state index contributed by atoms with van der Waals surface area (Å²) in [5, 5.41) is 19.3. The largest absolute Gasteiger partial charge is 0.349 e. The number of nitrogens with one attached hydrogen (secondary N) is 1. The number of carbonyl (C=O) groups is 1. The molecular weight excluding hydrogens is 306 g/mol. The lowest BCUT2D eigenvalue weighted by atomic mass is 10.3. The van der Waals surface area contributed by atoms with E-state index >= 15 is 0 Å². The van der Waals surface area contributed by atoms with Gasteiger partial charge in [0.2, 0.25) is 0 Å². The Balaban J connectivity index is 1.35. The number of aromatic nitrogens is 6. The van der Waals surface area contributed by atoms with Crippen molar-refractivity contribution in [3.63, 3.8) is 0 Å². The maximum absolute atomic E-state index is 12.2. The standard InChI is InChI=1S/C16H17N7O/c24-16(14-10-19-23(21-14)13-4-2-1-3-5-13)17-8-9-22-11-18-20-15(22)12-6-7-12/h1-5,10-12H,6-9H2,(H,17,24). The summed E-state index contributed by atoms with van der Waals surface area (Å²) in [4.78, 5) is 13.6. The van der Waals surface area contributed by atoms with E-state index in [2.05, 4.69) is 25.7 Å². The van der Waals surface area contributed by atoms with Crippen molar-refractivity contribution < 1.29 is 4.79 Å². The predicted molar refractivity (Wildman–Crippen MR) is 85.7 cm³/mol. The molecule has 0 spiro atoms. The molecule has 4 rings (SSSR count). The fourth-order valence-electron chi connectivity index (χ4n) is 2.53. The molecule has 0 bridgehead atoms. The van der Waals surface area contributed by atoms with Gasteiger partial charge in [0, 0.05) is 19.0 Å². The van der Waals surface area contributed by atoms with Crippen molar-refractivity contribution in [2.24, 2.45) is 0 Å². The van der Waals surface area contributed by atoms with Crippen molar-refractivity contribution in [1.82, 2.24) is 35.1 Å². The summed E-state index contributed by atoms with van der Waals surface area (Å²) in [6, 6.07) is 9.48. The fraction of sp³-hybridized carbons (Fsp3) is 0.312. The smallest absolute Gasteiger partial charge is 0.273 e. The Morgan fingerprint density at radius 3 is 2.88 bits per heavy atom. The van der Waals surface area contributed by atoms with Gasteiger partial charge in [-0.3, -0.25) is 4.79 Å². The summed E-state index contributed by atoms with van der Waals surface area (Å²) in [7, 11) is 0. The molecular formula is C16H17N7O. The van der Waals surface area contributed by atoms with E-state index in [9.17, 15) is 4.79 Å². The van der Waals surface area contributed by atoms with E-state index in [1.54, 1.807) is 6.33 Å². The lowest BCUT2D eigenvalue weighted by Crippen LogP contribution is -2.28. The summed E-state index contributed by atoms with van der Waals surface area (Å²) in [6.07, 6.45) is 5.53. The van der Waals surface area contributed by atoms with Gasteiger partial charge in [-0.25, -0.2) is 0 Å². The average molecular weight is 323 g/mol. The first-order valence-electron chi connectivity index (χ1n) is 7.95. The molecule has 8 nitrogen and oxygen atoms in total. The average Bonchev–Trinajstić information content (AvgIpc) is 3.15. The first-order chi connectivity index (χ1) is 11.8. The Bertz CT molecular complexity index is 835. The molecule has 1 saturated carbocycles. The lowest BCUT2D eigenvalue weighted by Gasteiger charge is -2.06. The highest BCUT2D eigenvalue weighted by atomic mass is 16.2. The molecule has 122 valence electrons. The van der Waals surface area contributed by atoms with Gasteiger partial charge in [-0.05, 0) is 25.0 Å². The van der Waals surface area contributed by atoms with Gasteiger partial charge in [-0.15, -0.1) is 15.3 Å². The van der Waals surface area contributed by atoms with Crippen molar-refractivity contribution in [1.29, 1.82) is 0 Å². The van der Waals surface area contributed by atoms with Gasteiger partial charge in [0.15, 0.2) is 5.69 Å². The van der Waals surface area contributed by atoms with E-state index in [1.165, 1.54) is 23.8 Å². The second-order valence-corrected chi connectivity index (χ2v) is 5.77. The van der Waals surface area contributed by atoms with Crippen LogP contribution in [0.5, 0.6) is 0 Å². The minimum absolute atomic E-state index is 0.238. The number of rotatable bonds is 6. The molecule has 0 aliphatic heterocycles. The minimum Gasteiger partial charge on any atom is -0.349 e. The Hall–Kier alpha value is -3.03. The first kappa shape index (κ1) is 14.6. The highest BCUT2D eigenvalue weighted by Gasteiger charge is 2.28. The third-order valence-electron chi connectivity index (χ3n) is 3.94. The summed E-state index contributed by atoms with van der Waals surface area (Å²) in [6.45, 7) is 1.15. The molecule has 0 unspecified atom stereocenters. The van der Waals surface area contributed by atoms with Gasteiger partial charge in [0.1, 0.15) is 12.2 Å². The van der Waals surface area contributed by atoms with Gasteiger partial charge in [-0.1, -0.05) is 18.2 Å². The van der Waals surface area contributed by atoms with Crippen LogP contribution in [0.25, 0.3) is 5.69 Å². The zero-order valence-corrected chi connectivity index (χ0v) is 13.0. The highest BCUT2D eigenvalue weighted by molar-refractivity contribution is 5.91. The van der Waals surface area contributed by atoms with Crippen LogP contribution in [-0.2, 0) is 6.54 Å². The van der Waals surface area contributed by atoms with E-state index in [1.807, 2.05) is 34.9 Å². The van der Waals surface area contributed by atoms with E-state index in [0.29, 0.717) is 24.7 Å². The molecule has 3 aromatic rings. The maximum Gasteiger partial charge on any atom is 0.273 e. The van der Waals surface area contributed by atoms with Crippen molar-refractivity contribution in [2.45, 2.75) is 25.3 Å². The third-order valence-corrected chi connectivity index (χ3v) is 3.94. The molecule has 1 aliphatic rings. The predicted octanol–water partition coefficient (Wildman–Crippen LogP) is 1.17. The molecule has 1 amide bonds. The quantitative estimate of drug-likeness (QED) is 0.735. The molecule has 1 aromatic carbocycles. The molecule has 24 heavy (non-hydrogen) atoms. The second kappa shape index (κ2) is 6.23. The van der Waals surface area contributed by atoms with Crippen LogP contribution in [0.15, 0.2) is 42.9 Å². The monoisotopic (exact) mass is 323 g/mol. The van der Waals surface area contributed by atoms with E-state index in [-0.39, 0.29) is 5.91 Å². The van der Waals surface area contributed by atoms with Crippen LogP contribution in [0, 0.1) is 0 Å². The van der Waals surface area contributed by atoms with E-state index < -0.39 is 0 Å². The van der Waals surface area contributed by atoms with Gasteiger partial charge in [0.05, 0.1) is 11.9 Å². The van der Waals surface area contributed by atoms with Crippen LogP contribution < -0.4 is 5.32 Å². The number of amides is 1. The van der Waals surface area contributed by atoms with Crippen LogP contribution in [0.1, 0.15) is 35.1 Å². The molecule has 2 aromatic heterocycles. The zero-order chi connectivity index (χ0) is 16.4.